The standard InChI is InChI=1S/C16H20FNO5/c1-16(2,3)23-13(19)9-12(15(21)22-4)18-14(20)10-5-7-11(17)8-6-10/h5-8,12H,9H2,1-4H3,(H,18,20)/t12-/m0/s1. The number of nitrogens with one attached hydrogen (secondary N) is 1. The molecule has 1 rings (SSSR count). The third-order valence-corrected chi connectivity index (χ3v) is 2.69. The van der Waals surface area contributed by atoms with Crippen molar-refractivity contribution in [3.63, 3.8) is 0 Å². The van der Waals surface area contributed by atoms with Crippen LogP contribution in [0.25, 0.3) is 0 Å². The summed E-state index contributed by atoms with van der Waals surface area (Å²) in [6.45, 7) is 5.07. The molecule has 0 spiro atoms. The zero-order valence-electron chi connectivity index (χ0n) is 13.5. The summed E-state index contributed by atoms with van der Waals surface area (Å²) in [5, 5.41) is 2.38. The van der Waals surface area contributed by atoms with Gasteiger partial charge in [0.05, 0.1) is 13.5 Å². The van der Waals surface area contributed by atoms with E-state index in [9.17, 15) is 18.8 Å². The summed E-state index contributed by atoms with van der Waals surface area (Å²) in [6, 6.07) is 3.59. The van der Waals surface area contributed by atoms with E-state index in [1.54, 1.807) is 20.8 Å². The lowest BCUT2D eigenvalue weighted by Crippen LogP contribution is -2.43. The van der Waals surface area contributed by atoms with Gasteiger partial charge in [-0.3, -0.25) is 9.59 Å². The number of halogens is 1. The first kappa shape index (κ1) is 18.6. The van der Waals surface area contributed by atoms with Crippen molar-refractivity contribution in [1.29, 1.82) is 0 Å². The van der Waals surface area contributed by atoms with Crippen molar-refractivity contribution in [2.45, 2.75) is 38.8 Å². The lowest BCUT2D eigenvalue weighted by Gasteiger charge is -2.22. The number of carbonyl (C=O) groups is 3. The number of amides is 1. The van der Waals surface area contributed by atoms with Crippen LogP contribution in [0.3, 0.4) is 0 Å². The van der Waals surface area contributed by atoms with Crippen molar-refractivity contribution in [1.82, 2.24) is 5.32 Å². The lowest BCUT2D eigenvalue weighted by molar-refractivity contribution is -0.158. The van der Waals surface area contributed by atoms with E-state index in [0.29, 0.717) is 0 Å². The zero-order chi connectivity index (χ0) is 17.6. The second-order valence-corrected chi connectivity index (χ2v) is 5.85. The number of benzene rings is 1. The number of ether oxygens (including phenoxy) is 2. The molecule has 6 nitrogen and oxygen atoms in total. The minimum Gasteiger partial charge on any atom is -0.467 e. The summed E-state index contributed by atoms with van der Waals surface area (Å²) >= 11 is 0. The average Bonchev–Trinajstić information content (AvgIpc) is 2.44. The zero-order valence-corrected chi connectivity index (χ0v) is 13.5. The Morgan fingerprint density at radius 3 is 2.22 bits per heavy atom. The molecule has 1 atom stereocenters. The molecule has 1 N–H and O–H groups in total. The van der Waals surface area contributed by atoms with Gasteiger partial charge in [-0.2, -0.15) is 0 Å². The summed E-state index contributed by atoms with van der Waals surface area (Å²) < 4.78 is 22.6. The largest absolute Gasteiger partial charge is 0.467 e. The number of rotatable bonds is 5. The Morgan fingerprint density at radius 1 is 1.17 bits per heavy atom. The Labute approximate surface area is 134 Å². The van der Waals surface area contributed by atoms with Crippen LogP contribution >= 0.6 is 0 Å². The van der Waals surface area contributed by atoms with Gasteiger partial charge >= 0.3 is 11.9 Å². The number of methoxy groups -OCH3 is 1. The molecule has 0 heterocycles. The van der Waals surface area contributed by atoms with E-state index in [4.69, 9.17) is 4.74 Å². The van der Waals surface area contributed by atoms with Crippen molar-refractivity contribution in [2.75, 3.05) is 7.11 Å². The van der Waals surface area contributed by atoms with Crippen LogP contribution in [0.5, 0.6) is 0 Å². The van der Waals surface area contributed by atoms with Gasteiger partial charge in [-0.05, 0) is 45.0 Å². The van der Waals surface area contributed by atoms with Crippen molar-refractivity contribution >= 4 is 17.8 Å². The summed E-state index contributed by atoms with van der Waals surface area (Å²) in [5.74, 6) is -2.53. The second kappa shape index (κ2) is 7.71. The summed E-state index contributed by atoms with van der Waals surface area (Å²) in [7, 11) is 1.15. The molecule has 1 amide bonds. The van der Waals surface area contributed by atoms with Crippen LogP contribution in [-0.4, -0.2) is 36.6 Å². The Morgan fingerprint density at radius 2 is 1.74 bits per heavy atom. The predicted octanol–water partition coefficient (Wildman–Crippen LogP) is 1.83. The highest BCUT2D eigenvalue weighted by Crippen LogP contribution is 2.10. The molecule has 0 aromatic heterocycles. The third-order valence-electron chi connectivity index (χ3n) is 2.69. The smallest absolute Gasteiger partial charge is 0.328 e. The number of carbonyl (C=O) groups excluding carboxylic acids is 3. The van der Waals surface area contributed by atoms with Crippen LogP contribution in [0, 0.1) is 5.82 Å². The van der Waals surface area contributed by atoms with E-state index in [2.05, 4.69) is 10.1 Å². The fraction of sp³-hybridized carbons (Fsp3) is 0.438. The van der Waals surface area contributed by atoms with Crippen LogP contribution in [0.2, 0.25) is 0 Å². The Balaban J connectivity index is 2.78. The number of hydrogen-bond acceptors (Lipinski definition) is 5. The van der Waals surface area contributed by atoms with Gasteiger partial charge in [0.15, 0.2) is 0 Å². The highest BCUT2D eigenvalue weighted by molar-refractivity contribution is 5.97. The van der Waals surface area contributed by atoms with Crippen LogP contribution in [-0.2, 0) is 19.1 Å². The minimum atomic E-state index is -1.19. The molecule has 0 aliphatic rings. The lowest BCUT2D eigenvalue weighted by atomic mass is 10.1. The average molecular weight is 325 g/mol. The highest BCUT2D eigenvalue weighted by atomic mass is 19.1. The van der Waals surface area contributed by atoms with E-state index < -0.39 is 35.3 Å². The highest BCUT2D eigenvalue weighted by Gasteiger charge is 2.27. The second-order valence-electron chi connectivity index (χ2n) is 5.85. The van der Waals surface area contributed by atoms with E-state index in [-0.39, 0.29) is 12.0 Å². The van der Waals surface area contributed by atoms with E-state index >= 15 is 0 Å². The van der Waals surface area contributed by atoms with Gasteiger partial charge in [0, 0.05) is 5.56 Å². The van der Waals surface area contributed by atoms with Gasteiger partial charge in [0.2, 0.25) is 0 Å². The fourth-order valence-electron chi connectivity index (χ4n) is 1.73. The monoisotopic (exact) mass is 325 g/mol. The fourth-order valence-corrected chi connectivity index (χ4v) is 1.73. The molecule has 0 aliphatic heterocycles. The van der Waals surface area contributed by atoms with Gasteiger partial charge in [-0.15, -0.1) is 0 Å². The molecule has 0 bridgehead atoms. The third kappa shape index (κ3) is 6.46. The molecule has 0 aliphatic carbocycles. The molecule has 0 fully saturated rings. The maximum atomic E-state index is 12.9. The van der Waals surface area contributed by atoms with Crippen molar-refractivity contribution in [3.8, 4) is 0 Å². The van der Waals surface area contributed by atoms with Crippen LogP contribution in [0.4, 0.5) is 4.39 Å². The summed E-state index contributed by atoms with van der Waals surface area (Å²) in [4.78, 5) is 35.6. The molecule has 0 saturated carbocycles. The van der Waals surface area contributed by atoms with Gasteiger partial charge in [0.25, 0.3) is 5.91 Å². The molecular weight excluding hydrogens is 305 g/mol. The molecule has 7 heteroatoms. The van der Waals surface area contributed by atoms with Crippen molar-refractivity contribution in [3.05, 3.63) is 35.6 Å². The summed E-state index contributed by atoms with van der Waals surface area (Å²) in [5.41, 5.74) is -0.553. The van der Waals surface area contributed by atoms with Gasteiger partial charge < -0.3 is 14.8 Å². The maximum Gasteiger partial charge on any atom is 0.328 e. The van der Waals surface area contributed by atoms with E-state index in [0.717, 1.165) is 19.2 Å². The normalized spacial score (nSPS) is 12.2. The van der Waals surface area contributed by atoms with Gasteiger partial charge in [-0.1, -0.05) is 0 Å². The Hall–Kier alpha value is -2.44. The number of hydrogen-bond donors (Lipinski definition) is 1. The van der Waals surface area contributed by atoms with Gasteiger partial charge in [0.1, 0.15) is 17.5 Å². The van der Waals surface area contributed by atoms with E-state index in [1.807, 2.05) is 0 Å². The molecule has 0 unspecified atom stereocenters. The summed E-state index contributed by atoms with van der Waals surface area (Å²) in [6.07, 6.45) is -0.364. The van der Waals surface area contributed by atoms with Crippen LogP contribution < -0.4 is 5.32 Å². The molecule has 126 valence electrons. The van der Waals surface area contributed by atoms with Gasteiger partial charge in [-0.25, -0.2) is 9.18 Å². The van der Waals surface area contributed by atoms with Crippen LogP contribution in [0.15, 0.2) is 24.3 Å². The minimum absolute atomic E-state index is 0.157. The molecule has 1 aromatic rings. The predicted molar refractivity (Wildman–Crippen MR) is 80.1 cm³/mol. The molecular formula is C16H20FNO5. The Bertz CT molecular complexity index is 577. The SMILES string of the molecule is COC(=O)[C@H](CC(=O)OC(C)(C)C)NC(=O)c1ccc(F)cc1. The quantitative estimate of drug-likeness (QED) is 0.835. The Kier molecular flexibility index (Phi) is 6.24. The molecule has 23 heavy (non-hydrogen) atoms. The molecule has 0 saturated heterocycles. The first-order valence-electron chi connectivity index (χ1n) is 6.98. The first-order chi connectivity index (χ1) is 10.6. The van der Waals surface area contributed by atoms with Crippen molar-refractivity contribution in [2.24, 2.45) is 0 Å². The van der Waals surface area contributed by atoms with Crippen LogP contribution in [0.1, 0.15) is 37.6 Å². The van der Waals surface area contributed by atoms with E-state index in [1.165, 1.54) is 12.1 Å². The topological polar surface area (TPSA) is 81.7 Å². The molecule has 0 radical (unpaired) electrons. The number of esters is 2. The first-order valence-corrected chi connectivity index (χ1v) is 6.98. The maximum absolute atomic E-state index is 12.9. The van der Waals surface area contributed by atoms with Crippen molar-refractivity contribution < 1.29 is 28.2 Å². The molecule has 1 aromatic carbocycles.